The lowest BCUT2D eigenvalue weighted by atomic mass is 9.95. The van der Waals surface area contributed by atoms with Crippen molar-refractivity contribution in [2.24, 2.45) is 0 Å². The smallest absolute Gasteiger partial charge is 0.252 e. The lowest BCUT2D eigenvalue weighted by molar-refractivity contribution is 0.0930. The summed E-state index contributed by atoms with van der Waals surface area (Å²) < 4.78 is 5.32. The van der Waals surface area contributed by atoms with Gasteiger partial charge in [0.15, 0.2) is 0 Å². The fourth-order valence-electron chi connectivity index (χ4n) is 4.06. The Balaban J connectivity index is 1.58. The van der Waals surface area contributed by atoms with Gasteiger partial charge in [0.2, 0.25) is 0 Å². The van der Waals surface area contributed by atoms with Crippen LogP contribution in [0.3, 0.4) is 0 Å². The molecule has 2 aromatic carbocycles. The number of hydrogen-bond donors (Lipinski definition) is 1. The SMILES string of the molecule is COc1ccc(C)c(C(=O)NC2(c3cc(-c4cnc(C)s4)cc4ncccc34)CC2)c1. The Morgan fingerprint density at radius 1 is 1.13 bits per heavy atom. The summed E-state index contributed by atoms with van der Waals surface area (Å²) in [6, 6.07) is 13.9. The van der Waals surface area contributed by atoms with Crippen molar-refractivity contribution in [2.45, 2.75) is 32.2 Å². The molecule has 0 saturated heterocycles. The van der Waals surface area contributed by atoms with E-state index in [0.717, 1.165) is 50.3 Å². The van der Waals surface area contributed by atoms with Crippen LogP contribution in [-0.4, -0.2) is 23.0 Å². The molecule has 0 bridgehead atoms. The number of rotatable bonds is 5. The van der Waals surface area contributed by atoms with E-state index in [1.54, 1.807) is 24.5 Å². The number of thiazole rings is 1. The number of methoxy groups -OCH3 is 1. The topological polar surface area (TPSA) is 64.1 Å². The molecule has 156 valence electrons. The highest BCUT2D eigenvalue weighted by molar-refractivity contribution is 7.15. The maximum absolute atomic E-state index is 13.3. The number of benzene rings is 2. The van der Waals surface area contributed by atoms with Gasteiger partial charge in [-0.25, -0.2) is 4.98 Å². The Kier molecular flexibility index (Phi) is 4.74. The Bertz CT molecular complexity index is 1310. The van der Waals surface area contributed by atoms with E-state index in [1.165, 1.54) is 0 Å². The molecule has 5 nitrogen and oxygen atoms in total. The molecule has 2 aromatic heterocycles. The van der Waals surface area contributed by atoms with Gasteiger partial charge in [0.1, 0.15) is 5.75 Å². The van der Waals surface area contributed by atoms with Crippen LogP contribution in [0.5, 0.6) is 5.75 Å². The number of carbonyl (C=O) groups is 1. The molecule has 0 atom stereocenters. The molecular formula is C25H23N3O2S. The van der Waals surface area contributed by atoms with Crippen molar-refractivity contribution < 1.29 is 9.53 Å². The van der Waals surface area contributed by atoms with Crippen LogP contribution >= 0.6 is 11.3 Å². The van der Waals surface area contributed by atoms with Crippen molar-refractivity contribution in [1.29, 1.82) is 0 Å². The maximum atomic E-state index is 13.3. The lowest BCUT2D eigenvalue weighted by Crippen LogP contribution is -2.35. The van der Waals surface area contributed by atoms with E-state index in [4.69, 9.17) is 4.74 Å². The van der Waals surface area contributed by atoms with Crippen molar-refractivity contribution in [3.63, 3.8) is 0 Å². The van der Waals surface area contributed by atoms with E-state index in [-0.39, 0.29) is 11.4 Å². The van der Waals surface area contributed by atoms with Crippen LogP contribution in [0.2, 0.25) is 0 Å². The third-order valence-corrected chi connectivity index (χ3v) is 6.90. The molecule has 4 aromatic rings. The standard InChI is InChI=1S/C25H23N3O2S/c1-15-6-7-18(30-3)13-20(15)24(29)28-25(8-9-25)21-11-17(23-14-27-16(2)31-23)12-22-19(21)5-4-10-26-22/h4-7,10-14H,8-9H2,1-3H3,(H,28,29). The molecule has 0 unspecified atom stereocenters. The predicted molar refractivity (Wildman–Crippen MR) is 124 cm³/mol. The monoisotopic (exact) mass is 429 g/mol. The van der Waals surface area contributed by atoms with Crippen molar-refractivity contribution in [3.05, 3.63) is 76.6 Å². The predicted octanol–water partition coefficient (Wildman–Crippen LogP) is 5.40. The molecule has 0 aliphatic heterocycles. The van der Waals surface area contributed by atoms with E-state index < -0.39 is 0 Å². The highest BCUT2D eigenvalue weighted by Crippen LogP contribution is 2.49. The number of aromatic nitrogens is 2. The molecule has 2 heterocycles. The first-order chi connectivity index (χ1) is 15.0. The third-order valence-electron chi connectivity index (χ3n) is 5.93. The number of hydrogen-bond acceptors (Lipinski definition) is 5. The Hall–Kier alpha value is -3.25. The van der Waals surface area contributed by atoms with Crippen LogP contribution in [-0.2, 0) is 5.54 Å². The average Bonchev–Trinajstić information content (AvgIpc) is 3.43. The number of amides is 1. The molecule has 1 aliphatic rings. The van der Waals surface area contributed by atoms with Crippen LogP contribution in [0.4, 0.5) is 0 Å². The van der Waals surface area contributed by atoms with Gasteiger partial charge in [-0.05, 0) is 73.7 Å². The van der Waals surface area contributed by atoms with E-state index >= 15 is 0 Å². The van der Waals surface area contributed by atoms with Crippen molar-refractivity contribution in [1.82, 2.24) is 15.3 Å². The first-order valence-corrected chi connectivity index (χ1v) is 11.1. The van der Waals surface area contributed by atoms with Crippen LogP contribution in [0.1, 0.15) is 39.3 Å². The van der Waals surface area contributed by atoms with E-state index in [1.807, 2.05) is 44.4 Å². The van der Waals surface area contributed by atoms with Crippen LogP contribution in [0, 0.1) is 13.8 Å². The molecule has 0 radical (unpaired) electrons. The Morgan fingerprint density at radius 2 is 1.97 bits per heavy atom. The van der Waals surface area contributed by atoms with Crippen LogP contribution < -0.4 is 10.1 Å². The summed E-state index contributed by atoms with van der Waals surface area (Å²) in [5, 5.41) is 5.44. The molecule has 0 spiro atoms. The van der Waals surface area contributed by atoms with Gasteiger partial charge < -0.3 is 10.1 Å². The zero-order chi connectivity index (χ0) is 21.6. The second-order valence-electron chi connectivity index (χ2n) is 8.05. The van der Waals surface area contributed by atoms with Crippen LogP contribution in [0.15, 0.2) is 54.9 Å². The summed E-state index contributed by atoms with van der Waals surface area (Å²) in [6.07, 6.45) is 5.52. The van der Waals surface area contributed by atoms with Crippen molar-refractivity contribution in [2.75, 3.05) is 7.11 Å². The normalized spacial score (nSPS) is 14.4. The molecule has 6 heteroatoms. The van der Waals surface area contributed by atoms with Gasteiger partial charge in [0.05, 0.1) is 28.1 Å². The Morgan fingerprint density at radius 3 is 2.68 bits per heavy atom. The van der Waals surface area contributed by atoms with Gasteiger partial charge in [-0.15, -0.1) is 11.3 Å². The Labute approximate surface area is 185 Å². The number of nitrogens with one attached hydrogen (secondary N) is 1. The molecule has 1 aliphatic carbocycles. The highest BCUT2D eigenvalue weighted by atomic mass is 32.1. The minimum Gasteiger partial charge on any atom is -0.497 e. The van der Waals surface area contributed by atoms with Gasteiger partial charge in [0.25, 0.3) is 5.91 Å². The van der Waals surface area contributed by atoms with Crippen LogP contribution in [0.25, 0.3) is 21.3 Å². The fraction of sp³-hybridized carbons (Fsp3) is 0.240. The number of aryl methyl sites for hydroxylation is 2. The van der Waals surface area contributed by atoms with Crippen molar-refractivity contribution in [3.8, 4) is 16.2 Å². The second-order valence-corrected chi connectivity index (χ2v) is 9.29. The van der Waals surface area contributed by atoms with Gasteiger partial charge >= 0.3 is 0 Å². The van der Waals surface area contributed by atoms with E-state index in [2.05, 4.69) is 33.5 Å². The molecule has 1 fully saturated rings. The number of carbonyl (C=O) groups excluding carboxylic acids is 1. The zero-order valence-electron chi connectivity index (χ0n) is 17.7. The average molecular weight is 430 g/mol. The summed E-state index contributed by atoms with van der Waals surface area (Å²) in [7, 11) is 1.61. The van der Waals surface area contributed by atoms with Gasteiger partial charge in [0, 0.05) is 23.3 Å². The first kappa shape index (κ1) is 19.7. The van der Waals surface area contributed by atoms with E-state index in [9.17, 15) is 4.79 Å². The third kappa shape index (κ3) is 3.57. The summed E-state index contributed by atoms with van der Waals surface area (Å²) in [6.45, 7) is 3.95. The highest BCUT2D eigenvalue weighted by Gasteiger charge is 2.47. The van der Waals surface area contributed by atoms with Gasteiger partial charge in [-0.2, -0.15) is 0 Å². The lowest BCUT2D eigenvalue weighted by Gasteiger charge is -2.21. The first-order valence-electron chi connectivity index (χ1n) is 10.3. The van der Waals surface area contributed by atoms with Gasteiger partial charge in [-0.3, -0.25) is 9.78 Å². The quantitative estimate of drug-likeness (QED) is 0.461. The summed E-state index contributed by atoms with van der Waals surface area (Å²) in [5.41, 5.74) is 4.32. The minimum absolute atomic E-state index is 0.0787. The molecule has 1 amide bonds. The molecule has 1 N–H and O–H groups in total. The molecular weight excluding hydrogens is 406 g/mol. The molecule has 31 heavy (non-hydrogen) atoms. The summed E-state index contributed by atoms with van der Waals surface area (Å²) >= 11 is 1.67. The second kappa shape index (κ2) is 7.46. The van der Waals surface area contributed by atoms with E-state index in [0.29, 0.717) is 11.3 Å². The number of nitrogens with zero attached hydrogens (tertiary/aromatic N) is 2. The number of ether oxygens (including phenoxy) is 1. The molecule has 5 rings (SSSR count). The number of pyridine rings is 1. The zero-order valence-corrected chi connectivity index (χ0v) is 18.5. The van der Waals surface area contributed by atoms with Gasteiger partial charge in [-0.1, -0.05) is 12.1 Å². The molecule has 1 saturated carbocycles. The fourth-order valence-corrected chi connectivity index (χ4v) is 4.82. The number of fused-ring (bicyclic) bond motifs is 1. The largest absolute Gasteiger partial charge is 0.497 e. The summed E-state index contributed by atoms with van der Waals surface area (Å²) in [5.74, 6) is 0.600. The maximum Gasteiger partial charge on any atom is 0.252 e. The minimum atomic E-state index is -0.385. The summed E-state index contributed by atoms with van der Waals surface area (Å²) in [4.78, 5) is 23.4. The van der Waals surface area contributed by atoms with Crippen molar-refractivity contribution >= 4 is 28.1 Å².